The van der Waals surface area contributed by atoms with Crippen LogP contribution in [0.3, 0.4) is 0 Å². The number of benzene rings is 1. The molecular formula is C17H22F3NO3. The van der Waals surface area contributed by atoms with Crippen LogP contribution < -0.4 is 5.32 Å². The second-order valence-corrected chi connectivity index (χ2v) is 6.08. The van der Waals surface area contributed by atoms with Crippen molar-refractivity contribution in [1.29, 1.82) is 0 Å². The highest BCUT2D eigenvalue weighted by molar-refractivity contribution is 5.91. The SMILES string of the molecule is CC[C@@H]1C[C@H](CC(=O)Nc2ccccc2[C@H](O)C(F)(F)F)CCO1. The fourth-order valence-corrected chi connectivity index (χ4v) is 2.92. The summed E-state index contributed by atoms with van der Waals surface area (Å²) >= 11 is 0. The van der Waals surface area contributed by atoms with Gasteiger partial charge in [-0.25, -0.2) is 0 Å². The van der Waals surface area contributed by atoms with E-state index in [1.165, 1.54) is 18.2 Å². The third kappa shape index (κ3) is 4.95. The van der Waals surface area contributed by atoms with Gasteiger partial charge in [-0.1, -0.05) is 25.1 Å². The van der Waals surface area contributed by atoms with Crippen LogP contribution in [-0.4, -0.2) is 29.9 Å². The number of alkyl halides is 3. The van der Waals surface area contributed by atoms with Crippen LogP contribution in [0.5, 0.6) is 0 Å². The highest BCUT2D eigenvalue weighted by Crippen LogP contribution is 2.36. The molecule has 1 heterocycles. The van der Waals surface area contributed by atoms with Crippen molar-refractivity contribution in [1.82, 2.24) is 0 Å². The Morgan fingerprint density at radius 2 is 2.12 bits per heavy atom. The Morgan fingerprint density at radius 3 is 2.79 bits per heavy atom. The predicted molar refractivity (Wildman–Crippen MR) is 83.5 cm³/mol. The lowest BCUT2D eigenvalue weighted by atomic mass is 9.91. The van der Waals surface area contributed by atoms with E-state index in [0.717, 1.165) is 25.3 Å². The number of aliphatic hydroxyl groups excluding tert-OH is 1. The molecule has 0 aromatic heterocycles. The average molecular weight is 345 g/mol. The Balaban J connectivity index is 2.02. The summed E-state index contributed by atoms with van der Waals surface area (Å²) in [5.41, 5.74) is -0.358. The van der Waals surface area contributed by atoms with E-state index in [2.05, 4.69) is 5.32 Å². The quantitative estimate of drug-likeness (QED) is 0.853. The molecule has 1 aliphatic heterocycles. The maximum absolute atomic E-state index is 12.7. The molecule has 2 rings (SSSR count). The van der Waals surface area contributed by atoms with Crippen LogP contribution in [0.2, 0.25) is 0 Å². The minimum atomic E-state index is -4.78. The predicted octanol–water partition coefficient (Wildman–Crippen LogP) is 3.82. The van der Waals surface area contributed by atoms with Crippen molar-refractivity contribution in [2.75, 3.05) is 11.9 Å². The minimum Gasteiger partial charge on any atom is -0.379 e. The zero-order chi connectivity index (χ0) is 17.7. The van der Waals surface area contributed by atoms with Gasteiger partial charge >= 0.3 is 6.18 Å². The molecule has 1 amide bonds. The van der Waals surface area contributed by atoms with E-state index in [1.54, 1.807) is 0 Å². The lowest BCUT2D eigenvalue weighted by Gasteiger charge is -2.28. The molecule has 1 aromatic rings. The van der Waals surface area contributed by atoms with Gasteiger partial charge in [0.05, 0.1) is 6.10 Å². The molecule has 3 atom stereocenters. The van der Waals surface area contributed by atoms with Gasteiger partial charge < -0.3 is 15.2 Å². The number of carbonyl (C=O) groups excluding carboxylic acids is 1. The third-order valence-corrected chi connectivity index (χ3v) is 4.24. The second-order valence-electron chi connectivity index (χ2n) is 6.08. The first-order chi connectivity index (χ1) is 11.3. The second kappa shape index (κ2) is 7.98. The number of nitrogens with one attached hydrogen (secondary N) is 1. The van der Waals surface area contributed by atoms with Crippen molar-refractivity contribution in [2.24, 2.45) is 5.92 Å². The molecule has 24 heavy (non-hydrogen) atoms. The zero-order valence-electron chi connectivity index (χ0n) is 13.5. The summed E-state index contributed by atoms with van der Waals surface area (Å²) < 4.78 is 43.7. The van der Waals surface area contributed by atoms with Gasteiger partial charge in [-0.05, 0) is 31.2 Å². The number of amides is 1. The molecule has 0 saturated carbocycles. The number of rotatable bonds is 5. The van der Waals surface area contributed by atoms with Crippen molar-refractivity contribution >= 4 is 11.6 Å². The number of hydrogen-bond donors (Lipinski definition) is 2. The van der Waals surface area contributed by atoms with Gasteiger partial charge in [0.1, 0.15) is 0 Å². The van der Waals surface area contributed by atoms with Gasteiger partial charge in [-0.2, -0.15) is 13.2 Å². The highest BCUT2D eigenvalue weighted by atomic mass is 19.4. The molecule has 4 nitrogen and oxygen atoms in total. The molecule has 1 saturated heterocycles. The fraction of sp³-hybridized carbons (Fsp3) is 0.588. The van der Waals surface area contributed by atoms with E-state index >= 15 is 0 Å². The van der Waals surface area contributed by atoms with Gasteiger partial charge in [0.25, 0.3) is 0 Å². The van der Waals surface area contributed by atoms with Crippen molar-refractivity contribution in [2.45, 2.75) is 51.0 Å². The number of aliphatic hydroxyl groups is 1. The molecule has 0 radical (unpaired) electrons. The Kier molecular flexibility index (Phi) is 6.23. The Morgan fingerprint density at radius 1 is 1.42 bits per heavy atom. The van der Waals surface area contributed by atoms with Crippen molar-refractivity contribution < 1.29 is 27.8 Å². The van der Waals surface area contributed by atoms with E-state index < -0.39 is 12.3 Å². The molecule has 0 spiro atoms. The van der Waals surface area contributed by atoms with Crippen LogP contribution in [0.1, 0.15) is 44.3 Å². The number of ether oxygens (including phenoxy) is 1. The molecule has 0 unspecified atom stereocenters. The molecule has 0 aliphatic carbocycles. The van der Waals surface area contributed by atoms with E-state index in [0.29, 0.717) is 6.61 Å². The van der Waals surface area contributed by atoms with Gasteiger partial charge in [-0.15, -0.1) is 0 Å². The average Bonchev–Trinajstić information content (AvgIpc) is 2.54. The summed E-state index contributed by atoms with van der Waals surface area (Å²) in [6.45, 7) is 2.61. The Labute approximate surface area is 139 Å². The first kappa shape index (κ1) is 18.7. The Bertz CT molecular complexity index is 562. The van der Waals surface area contributed by atoms with E-state index in [4.69, 9.17) is 4.74 Å². The number of halogens is 3. The number of hydrogen-bond acceptors (Lipinski definition) is 3. The van der Waals surface area contributed by atoms with Crippen molar-refractivity contribution in [3.05, 3.63) is 29.8 Å². The summed E-state index contributed by atoms with van der Waals surface area (Å²) in [6, 6.07) is 5.43. The maximum Gasteiger partial charge on any atom is 0.418 e. The summed E-state index contributed by atoms with van der Waals surface area (Å²) in [5.74, 6) is -0.193. The largest absolute Gasteiger partial charge is 0.418 e. The zero-order valence-corrected chi connectivity index (χ0v) is 13.5. The van der Waals surface area contributed by atoms with Crippen LogP contribution in [0.4, 0.5) is 18.9 Å². The lowest BCUT2D eigenvalue weighted by Crippen LogP contribution is -2.28. The fourth-order valence-electron chi connectivity index (χ4n) is 2.92. The van der Waals surface area contributed by atoms with E-state index in [1.807, 2.05) is 6.92 Å². The Hall–Kier alpha value is -1.60. The van der Waals surface area contributed by atoms with Crippen LogP contribution in [0.25, 0.3) is 0 Å². The van der Waals surface area contributed by atoms with E-state index in [-0.39, 0.29) is 35.6 Å². The van der Waals surface area contributed by atoms with Gasteiger partial charge in [0, 0.05) is 24.3 Å². The highest BCUT2D eigenvalue weighted by Gasteiger charge is 2.40. The first-order valence-corrected chi connectivity index (χ1v) is 8.06. The maximum atomic E-state index is 12.7. The topological polar surface area (TPSA) is 58.6 Å². The smallest absolute Gasteiger partial charge is 0.379 e. The van der Waals surface area contributed by atoms with Crippen molar-refractivity contribution in [3.8, 4) is 0 Å². The standard InChI is InChI=1S/C17H22F3NO3/c1-2-12-9-11(7-8-24-12)10-15(22)21-14-6-4-3-5-13(14)16(23)17(18,19)20/h3-6,11-12,16,23H,2,7-10H2,1H3,(H,21,22)/t11-,12-,16+/m1/s1. The molecule has 1 aromatic carbocycles. The molecule has 1 aliphatic rings. The normalized spacial score (nSPS) is 22.9. The van der Waals surface area contributed by atoms with E-state index in [9.17, 15) is 23.1 Å². The number of carbonyl (C=O) groups is 1. The van der Waals surface area contributed by atoms with Crippen molar-refractivity contribution in [3.63, 3.8) is 0 Å². The minimum absolute atomic E-state index is 0.00794. The summed E-state index contributed by atoms with van der Waals surface area (Å²) in [7, 11) is 0. The van der Waals surface area contributed by atoms with Gasteiger partial charge in [0.15, 0.2) is 6.10 Å². The molecule has 7 heteroatoms. The van der Waals surface area contributed by atoms with Gasteiger partial charge in [-0.3, -0.25) is 4.79 Å². The summed E-state index contributed by atoms with van der Waals surface area (Å²) in [5, 5.41) is 11.9. The molecule has 0 bridgehead atoms. The number of para-hydroxylation sites is 1. The summed E-state index contributed by atoms with van der Waals surface area (Å²) in [6.07, 6.45) is -4.63. The lowest BCUT2D eigenvalue weighted by molar-refractivity contribution is -0.206. The van der Waals surface area contributed by atoms with Gasteiger partial charge in [0.2, 0.25) is 5.91 Å². The monoisotopic (exact) mass is 345 g/mol. The summed E-state index contributed by atoms with van der Waals surface area (Å²) in [4.78, 5) is 12.2. The third-order valence-electron chi connectivity index (χ3n) is 4.24. The molecule has 134 valence electrons. The first-order valence-electron chi connectivity index (χ1n) is 8.06. The van der Waals surface area contributed by atoms with Crippen LogP contribution in [0, 0.1) is 5.92 Å². The number of anilines is 1. The molecular weight excluding hydrogens is 323 g/mol. The van der Waals surface area contributed by atoms with Crippen LogP contribution in [0.15, 0.2) is 24.3 Å². The molecule has 1 fully saturated rings. The molecule has 2 N–H and O–H groups in total. The van der Waals surface area contributed by atoms with Crippen LogP contribution in [-0.2, 0) is 9.53 Å². The van der Waals surface area contributed by atoms with Crippen LogP contribution >= 0.6 is 0 Å².